The molecule has 2 aromatic rings. The number of nitrogens with zero attached hydrogens (tertiary/aromatic N) is 2. The summed E-state index contributed by atoms with van der Waals surface area (Å²) >= 11 is 0. The van der Waals surface area contributed by atoms with E-state index in [1.165, 1.54) is 12.1 Å². The summed E-state index contributed by atoms with van der Waals surface area (Å²) in [5, 5.41) is 2.91. The minimum atomic E-state index is -0.607. The highest BCUT2D eigenvalue weighted by Crippen LogP contribution is 2.27. The van der Waals surface area contributed by atoms with Gasteiger partial charge in [0.05, 0.1) is 6.04 Å². The van der Waals surface area contributed by atoms with Crippen LogP contribution in [0.25, 0.3) is 0 Å². The first-order valence-corrected chi connectivity index (χ1v) is 5.65. The van der Waals surface area contributed by atoms with Gasteiger partial charge in [0.2, 0.25) is 0 Å². The predicted molar refractivity (Wildman–Crippen MR) is 65.2 cm³/mol. The Morgan fingerprint density at radius 3 is 2.61 bits per heavy atom. The van der Waals surface area contributed by atoms with Crippen LogP contribution in [0.15, 0.2) is 24.5 Å². The lowest BCUT2D eigenvalue weighted by Crippen LogP contribution is -2.24. The molecule has 1 aromatic carbocycles. The van der Waals surface area contributed by atoms with Gasteiger partial charge in [0.25, 0.3) is 0 Å². The molecule has 0 bridgehead atoms. The maximum absolute atomic E-state index is 14.1. The van der Waals surface area contributed by atoms with Gasteiger partial charge in [-0.2, -0.15) is 0 Å². The number of benzene rings is 1. The number of hydrogen-bond acceptors (Lipinski definition) is 2. The number of halogens is 2. The van der Waals surface area contributed by atoms with Gasteiger partial charge in [-0.25, -0.2) is 13.8 Å². The van der Waals surface area contributed by atoms with Crippen LogP contribution in [0.2, 0.25) is 0 Å². The van der Waals surface area contributed by atoms with E-state index in [-0.39, 0.29) is 5.56 Å². The van der Waals surface area contributed by atoms with Crippen LogP contribution in [0.1, 0.15) is 23.0 Å². The summed E-state index contributed by atoms with van der Waals surface area (Å²) in [7, 11) is 3.44. The van der Waals surface area contributed by atoms with Crippen LogP contribution >= 0.6 is 0 Å². The molecule has 0 saturated heterocycles. The van der Waals surface area contributed by atoms with Crippen LogP contribution in [-0.2, 0) is 7.05 Å². The Balaban J connectivity index is 2.59. The van der Waals surface area contributed by atoms with Gasteiger partial charge in [-0.15, -0.1) is 0 Å². The molecule has 96 valence electrons. The summed E-state index contributed by atoms with van der Waals surface area (Å²) in [5.74, 6) is -0.529. The molecule has 1 atom stereocenters. The third kappa shape index (κ3) is 2.01. The van der Waals surface area contributed by atoms with E-state index in [2.05, 4.69) is 10.3 Å². The van der Waals surface area contributed by atoms with E-state index in [1.807, 2.05) is 0 Å². The van der Waals surface area contributed by atoms with E-state index in [4.69, 9.17) is 0 Å². The van der Waals surface area contributed by atoms with Crippen molar-refractivity contribution in [1.82, 2.24) is 14.9 Å². The van der Waals surface area contributed by atoms with Crippen molar-refractivity contribution in [2.75, 3.05) is 7.05 Å². The number of rotatable bonds is 3. The van der Waals surface area contributed by atoms with Gasteiger partial charge < -0.3 is 9.88 Å². The minimum Gasteiger partial charge on any atom is -0.336 e. The summed E-state index contributed by atoms with van der Waals surface area (Å²) in [6, 6.07) is 2.10. The molecule has 0 spiro atoms. The Bertz CT molecular complexity index is 563. The van der Waals surface area contributed by atoms with E-state index in [1.54, 1.807) is 38.0 Å². The highest BCUT2D eigenvalue weighted by atomic mass is 19.1. The molecule has 0 saturated carbocycles. The fourth-order valence-electron chi connectivity index (χ4n) is 2.00. The second kappa shape index (κ2) is 4.86. The molecule has 1 unspecified atom stereocenters. The zero-order chi connectivity index (χ0) is 13.3. The molecule has 0 fully saturated rings. The Hall–Kier alpha value is -1.75. The van der Waals surface area contributed by atoms with Gasteiger partial charge in [-0.1, -0.05) is 6.07 Å². The average molecular weight is 251 g/mol. The molecule has 0 radical (unpaired) electrons. The summed E-state index contributed by atoms with van der Waals surface area (Å²) in [6.45, 7) is 1.61. The highest BCUT2D eigenvalue weighted by Gasteiger charge is 2.24. The molecule has 0 amide bonds. The zero-order valence-electron chi connectivity index (χ0n) is 10.5. The molecular formula is C13H15F2N3. The third-order valence-corrected chi connectivity index (χ3v) is 3.01. The van der Waals surface area contributed by atoms with E-state index >= 15 is 0 Å². The van der Waals surface area contributed by atoms with Crippen LogP contribution in [-0.4, -0.2) is 16.6 Å². The minimum absolute atomic E-state index is 0.00630. The molecular weight excluding hydrogens is 236 g/mol. The van der Waals surface area contributed by atoms with Gasteiger partial charge in [0, 0.05) is 25.0 Å². The second-order valence-electron chi connectivity index (χ2n) is 4.21. The smallest absolute Gasteiger partial charge is 0.134 e. The van der Waals surface area contributed by atoms with Crippen molar-refractivity contribution in [3.63, 3.8) is 0 Å². The van der Waals surface area contributed by atoms with E-state index < -0.39 is 17.7 Å². The first kappa shape index (κ1) is 12.7. The third-order valence-electron chi connectivity index (χ3n) is 3.01. The Morgan fingerprint density at radius 1 is 1.33 bits per heavy atom. The molecule has 1 aromatic heterocycles. The van der Waals surface area contributed by atoms with Crippen LogP contribution in [0.3, 0.4) is 0 Å². The molecule has 3 nitrogen and oxygen atoms in total. The standard InChI is InChI=1S/C13H15F2N3/c1-8-4-5-9(14)10(11(8)15)12(16-2)13-17-6-7-18(13)3/h4-7,12,16H,1-3H3. The van der Waals surface area contributed by atoms with Crippen LogP contribution in [0, 0.1) is 18.6 Å². The maximum atomic E-state index is 14.1. The van der Waals surface area contributed by atoms with Crippen molar-refractivity contribution in [2.24, 2.45) is 7.05 Å². The molecule has 0 aliphatic carbocycles. The van der Waals surface area contributed by atoms with Gasteiger partial charge in [0.1, 0.15) is 17.5 Å². The highest BCUT2D eigenvalue weighted by molar-refractivity contribution is 5.32. The van der Waals surface area contributed by atoms with Crippen LogP contribution < -0.4 is 5.32 Å². The van der Waals surface area contributed by atoms with E-state index in [0.29, 0.717) is 11.4 Å². The Labute approximate surface area is 104 Å². The topological polar surface area (TPSA) is 29.9 Å². The fourth-order valence-corrected chi connectivity index (χ4v) is 2.00. The molecule has 0 aliphatic rings. The molecule has 5 heteroatoms. The van der Waals surface area contributed by atoms with E-state index in [9.17, 15) is 8.78 Å². The molecule has 2 rings (SSSR count). The number of nitrogens with one attached hydrogen (secondary N) is 1. The molecule has 1 heterocycles. The number of hydrogen-bond donors (Lipinski definition) is 1. The van der Waals surface area contributed by atoms with Crippen molar-refractivity contribution in [3.8, 4) is 0 Å². The Morgan fingerprint density at radius 2 is 2.06 bits per heavy atom. The lowest BCUT2D eigenvalue weighted by molar-refractivity contribution is 0.502. The first-order chi connectivity index (χ1) is 8.56. The first-order valence-electron chi connectivity index (χ1n) is 5.65. The SMILES string of the molecule is CNC(c1c(F)ccc(C)c1F)c1nccn1C. The van der Waals surface area contributed by atoms with Crippen molar-refractivity contribution in [3.05, 3.63) is 53.1 Å². The van der Waals surface area contributed by atoms with Crippen molar-refractivity contribution >= 4 is 0 Å². The summed E-state index contributed by atoms with van der Waals surface area (Å²) in [5.41, 5.74) is 0.424. The summed E-state index contributed by atoms with van der Waals surface area (Å²) < 4.78 is 29.7. The van der Waals surface area contributed by atoms with Gasteiger partial charge >= 0.3 is 0 Å². The maximum Gasteiger partial charge on any atom is 0.134 e. The quantitative estimate of drug-likeness (QED) is 0.907. The van der Waals surface area contributed by atoms with Gasteiger partial charge in [0.15, 0.2) is 0 Å². The van der Waals surface area contributed by atoms with Gasteiger partial charge in [-0.3, -0.25) is 0 Å². The number of aryl methyl sites for hydroxylation is 2. The second-order valence-corrected chi connectivity index (χ2v) is 4.21. The fraction of sp³-hybridized carbons (Fsp3) is 0.308. The Kier molecular flexibility index (Phi) is 3.43. The van der Waals surface area contributed by atoms with Crippen LogP contribution in [0.4, 0.5) is 8.78 Å². The number of imidazole rings is 1. The monoisotopic (exact) mass is 251 g/mol. The molecule has 18 heavy (non-hydrogen) atoms. The lowest BCUT2D eigenvalue weighted by atomic mass is 10.0. The van der Waals surface area contributed by atoms with E-state index in [0.717, 1.165) is 0 Å². The molecule has 0 aliphatic heterocycles. The summed E-state index contributed by atoms with van der Waals surface area (Å²) in [6.07, 6.45) is 3.34. The van der Waals surface area contributed by atoms with Gasteiger partial charge in [-0.05, 0) is 25.6 Å². The predicted octanol–water partition coefficient (Wildman–Crippen LogP) is 2.32. The molecule has 1 N–H and O–H groups in total. The number of aromatic nitrogens is 2. The normalized spacial score (nSPS) is 12.7. The average Bonchev–Trinajstić information content (AvgIpc) is 2.76. The summed E-state index contributed by atoms with van der Waals surface area (Å²) in [4.78, 5) is 4.14. The largest absolute Gasteiger partial charge is 0.336 e. The van der Waals surface area contributed by atoms with Crippen molar-refractivity contribution in [2.45, 2.75) is 13.0 Å². The van der Waals surface area contributed by atoms with Crippen molar-refractivity contribution < 1.29 is 8.78 Å². The van der Waals surface area contributed by atoms with Crippen LogP contribution in [0.5, 0.6) is 0 Å². The zero-order valence-corrected chi connectivity index (χ0v) is 10.5. The van der Waals surface area contributed by atoms with Crippen molar-refractivity contribution in [1.29, 1.82) is 0 Å². The lowest BCUT2D eigenvalue weighted by Gasteiger charge is -2.18.